The van der Waals surface area contributed by atoms with Gasteiger partial charge >= 0.3 is 5.97 Å². The summed E-state index contributed by atoms with van der Waals surface area (Å²) < 4.78 is 0. The van der Waals surface area contributed by atoms with Crippen LogP contribution in [0.25, 0.3) is 0 Å². The summed E-state index contributed by atoms with van der Waals surface area (Å²) >= 11 is 0. The number of hydrogen-bond donors (Lipinski definition) is 19. The van der Waals surface area contributed by atoms with Gasteiger partial charge in [-0.15, -0.1) is 0 Å². The number of guanidine groups is 3. The molecule has 0 aromatic heterocycles. The minimum Gasteiger partial charge on any atom is -0.480 e. The van der Waals surface area contributed by atoms with E-state index in [1.54, 1.807) is 27.7 Å². The number of aliphatic carboxylic acids is 1. The summed E-state index contributed by atoms with van der Waals surface area (Å²) in [7, 11) is 0. The van der Waals surface area contributed by atoms with Crippen LogP contribution in [0.4, 0.5) is 0 Å². The van der Waals surface area contributed by atoms with Crippen LogP contribution in [0.15, 0.2) is 15.0 Å². The average molecular weight is 1140 g/mol. The molecule has 27 N–H and O–H groups in total. The fourth-order valence-corrected chi connectivity index (χ4v) is 7.49. The van der Waals surface area contributed by atoms with Gasteiger partial charge in [0.25, 0.3) is 0 Å². The lowest BCUT2D eigenvalue weighted by Gasteiger charge is -2.27. The van der Waals surface area contributed by atoms with E-state index in [9.17, 15) is 58.2 Å². The molecule has 8 atom stereocenters. The first-order valence-corrected chi connectivity index (χ1v) is 26.6. The first-order chi connectivity index (χ1) is 37.5. The standard InChI is InChI=1S/C48H92N20O12/c1-25(2)20-32(65-38(72)28(50)12-9-17-57-46(51)52)40(74)61-23-35(70)62-29(14-10-18-58-47(53)54)39(73)60-22-36(71)63-30(13-7-8-16-49)41(75)64-31(15-11-19-59-48(55)56)42(76)67-34(24-69)44(78)66-33(21-26(3)4)43(77)68-37(27(5)6)45(79)80/h25-34,37,69H,7-24,49-50H2,1-6H3,(H,60,73)(H,61,74)(H,62,70)(H,63,71)(H,64,75)(H,65,72)(H,66,78)(H,67,76)(H,68,77)(H,79,80)(H4,51,52,57)(H4,53,54,58)(H4,55,56,59)/t28-,29-,30-,31-,32-,33-,34-,37-/m0/s1. The van der Waals surface area contributed by atoms with Crippen molar-refractivity contribution < 1.29 is 58.2 Å². The normalized spacial score (nSPS) is 14.0. The van der Waals surface area contributed by atoms with Gasteiger partial charge in [0, 0.05) is 19.6 Å². The predicted octanol–water partition coefficient (Wildman–Crippen LogP) is -6.95. The second-order valence-electron chi connectivity index (χ2n) is 20.2. The van der Waals surface area contributed by atoms with Crippen LogP contribution in [-0.2, 0) is 47.9 Å². The number of amides is 9. The van der Waals surface area contributed by atoms with E-state index in [2.05, 4.69) is 62.8 Å². The Labute approximate surface area is 466 Å². The second kappa shape index (κ2) is 39.7. The molecule has 0 aromatic rings. The topological polar surface area (TPSA) is 565 Å². The van der Waals surface area contributed by atoms with Gasteiger partial charge in [-0.1, -0.05) is 41.5 Å². The van der Waals surface area contributed by atoms with Crippen LogP contribution in [-0.4, -0.2) is 181 Å². The molecule has 0 spiro atoms. The summed E-state index contributed by atoms with van der Waals surface area (Å²) in [5.74, 6) is -10.1. The first kappa shape index (κ1) is 72.4. The van der Waals surface area contributed by atoms with Crippen molar-refractivity contribution in [3.63, 3.8) is 0 Å². The van der Waals surface area contributed by atoms with Crippen molar-refractivity contribution in [2.75, 3.05) is 45.9 Å². The van der Waals surface area contributed by atoms with Crippen LogP contribution in [0, 0.1) is 17.8 Å². The largest absolute Gasteiger partial charge is 0.480 e. The second-order valence-corrected chi connectivity index (χ2v) is 20.2. The van der Waals surface area contributed by atoms with E-state index in [4.69, 9.17) is 45.9 Å². The quantitative estimate of drug-likeness (QED) is 0.0154. The number of carbonyl (C=O) groups is 10. The summed E-state index contributed by atoms with van der Waals surface area (Å²) in [6, 6.07) is -10.3. The highest BCUT2D eigenvalue weighted by atomic mass is 16.4. The predicted molar refractivity (Wildman–Crippen MR) is 299 cm³/mol. The van der Waals surface area contributed by atoms with Gasteiger partial charge in [0.1, 0.15) is 42.3 Å². The third-order valence-electron chi connectivity index (χ3n) is 11.7. The maximum Gasteiger partial charge on any atom is 0.326 e. The highest BCUT2D eigenvalue weighted by Crippen LogP contribution is 2.11. The van der Waals surface area contributed by atoms with Crippen LogP contribution in [0.1, 0.15) is 112 Å². The molecule has 32 heteroatoms. The summed E-state index contributed by atoms with van der Waals surface area (Å²) in [6.07, 6.45) is 1.67. The number of aliphatic imine (C=N–C) groups is 3. The van der Waals surface area contributed by atoms with E-state index in [1.807, 2.05) is 13.8 Å². The Morgan fingerprint density at radius 1 is 0.438 bits per heavy atom. The molecule has 0 radical (unpaired) electrons. The van der Waals surface area contributed by atoms with E-state index in [0.29, 0.717) is 19.3 Å². The number of rotatable bonds is 41. The van der Waals surface area contributed by atoms with Gasteiger partial charge in [0.2, 0.25) is 53.2 Å². The molecule has 0 aliphatic heterocycles. The third-order valence-corrected chi connectivity index (χ3v) is 11.7. The fraction of sp³-hybridized carbons (Fsp3) is 0.729. The highest BCUT2D eigenvalue weighted by Gasteiger charge is 2.34. The zero-order chi connectivity index (χ0) is 61.1. The van der Waals surface area contributed by atoms with E-state index >= 15 is 0 Å². The summed E-state index contributed by atoms with van der Waals surface area (Å²) in [4.78, 5) is 145. The Balaban J connectivity index is 6.31. The zero-order valence-corrected chi connectivity index (χ0v) is 47.0. The molecule has 0 aromatic carbocycles. The molecule has 0 rings (SSSR count). The molecule has 9 amide bonds. The van der Waals surface area contributed by atoms with E-state index < -0.39 is 133 Å². The number of carboxylic acid groups (broad SMARTS) is 1. The lowest BCUT2D eigenvalue weighted by Crippen LogP contribution is -2.60. The molecular formula is C48H92N20O12. The maximum absolute atomic E-state index is 14.0. The number of nitrogens with one attached hydrogen (secondary N) is 9. The lowest BCUT2D eigenvalue weighted by atomic mass is 10.00. The molecule has 456 valence electrons. The lowest BCUT2D eigenvalue weighted by molar-refractivity contribution is -0.143. The van der Waals surface area contributed by atoms with Crippen LogP contribution >= 0.6 is 0 Å². The van der Waals surface area contributed by atoms with Crippen molar-refractivity contribution in [2.24, 2.45) is 78.6 Å². The summed E-state index contributed by atoms with van der Waals surface area (Å²) in [6.45, 7) is 8.56. The smallest absolute Gasteiger partial charge is 0.326 e. The Kier molecular flexibility index (Phi) is 35.9. The van der Waals surface area contributed by atoms with Crippen molar-refractivity contribution >= 4 is 77.0 Å². The first-order valence-electron chi connectivity index (χ1n) is 26.6. The average Bonchev–Trinajstić information content (AvgIpc) is 3.36. The molecule has 0 saturated heterocycles. The molecule has 0 saturated carbocycles. The third kappa shape index (κ3) is 32.3. The Morgan fingerprint density at radius 2 is 0.787 bits per heavy atom. The number of aliphatic hydroxyl groups is 1. The van der Waals surface area contributed by atoms with Crippen LogP contribution in [0.3, 0.4) is 0 Å². The number of nitrogens with zero attached hydrogens (tertiary/aromatic N) is 3. The Hall–Kier alpha value is -7.61. The molecule has 0 bridgehead atoms. The van der Waals surface area contributed by atoms with Crippen molar-refractivity contribution in [3.05, 3.63) is 0 Å². The molecule has 0 heterocycles. The molecule has 32 nitrogen and oxygen atoms in total. The maximum atomic E-state index is 14.0. The number of nitrogens with two attached hydrogens (primary N) is 8. The number of carbonyl (C=O) groups excluding carboxylic acids is 9. The fourth-order valence-electron chi connectivity index (χ4n) is 7.49. The van der Waals surface area contributed by atoms with Crippen LogP contribution in [0.2, 0.25) is 0 Å². The van der Waals surface area contributed by atoms with Gasteiger partial charge in [-0.3, -0.25) is 58.1 Å². The SMILES string of the molecule is CC(C)C[C@H](NC(=O)[C@H](CO)NC(=O)[C@H](CCCN=C(N)N)NC(=O)[C@H](CCCCN)NC(=O)CNC(=O)[C@H](CCCN=C(N)N)NC(=O)CNC(=O)[C@H](CC(C)C)NC(=O)[C@@H](N)CCCN=C(N)N)C(=O)N[C@H](C(=O)O)C(C)C. The van der Waals surface area contributed by atoms with Crippen molar-refractivity contribution in [3.8, 4) is 0 Å². The molecule has 80 heavy (non-hydrogen) atoms. The van der Waals surface area contributed by atoms with E-state index in [0.717, 1.165) is 0 Å². The van der Waals surface area contributed by atoms with Gasteiger partial charge in [0.15, 0.2) is 17.9 Å². The van der Waals surface area contributed by atoms with Gasteiger partial charge in [0.05, 0.1) is 25.7 Å². The number of carboxylic acids is 1. The molecule has 0 unspecified atom stereocenters. The van der Waals surface area contributed by atoms with Crippen LogP contribution < -0.4 is 93.7 Å². The Bertz CT molecular complexity index is 2100. The van der Waals surface area contributed by atoms with Gasteiger partial charge in [-0.2, -0.15) is 0 Å². The Morgan fingerprint density at radius 3 is 1.20 bits per heavy atom. The zero-order valence-electron chi connectivity index (χ0n) is 47.0. The summed E-state index contributed by atoms with van der Waals surface area (Å²) in [5.41, 5.74) is 44.2. The van der Waals surface area contributed by atoms with Crippen molar-refractivity contribution in [1.82, 2.24) is 47.9 Å². The van der Waals surface area contributed by atoms with Gasteiger partial charge in [-0.05, 0) is 94.9 Å². The van der Waals surface area contributed by atoms with Gasteiger partial charge in [-0.25, -0.2) is 4.79 Å². The molecule has 0 aliphatic carbocycles. The van der Waals surface area contributed by atoms with E-state index in [-0.39, 0.29) is 107 Å². The highest BCUT2D eigenvalue weighted by molar-refractivity contribution is 5.97. The molecule has 0 aliphatic rings. The van der Waals surface area contributed by atoms with Crippen molar-refractivity contribution in [2.45, 2.75) is 161 Å². The summed E-state index contributed by atoms with van der Waals surface area (Å²) in [5, 5.41) is 42.3. The monoisotopic (exact) mass is 1140 g/mol. The number of unbranched alkanes of at least 4 members (excludes halogenated alkanes) is 1. The van der Waals surface area contributed by atoms with Crippen LogP contribution in [0.5, 0.6) is 0 Å². The molecule has 0 fully saturated rings. The van der Waals surface area contributed by atoms with Crippen molar-refractivity contribution in [1.29, 1.82) is 0 Å². The van der Waals surface area contributed by atoms with Gasteiger partial charge < -0.3 is 104 Å². The minimum atomic E-state index is -1.67. The van der Waals surface area contributed by atoms with E-state index in [1.165, 1.54) is 0 Å². The molecular weight excluding hydrogens is 1050 g/mol. The number of hydrogen-bond acceptors (Lipinski definition) is 16. The number of aliphatic hydroxyl groups excluding tert-OH is 1. The minimum absolute atomic E-state index is 0.00399.